The summed E-state index contributed by atoms with van der Waals surface area (Å²) in [5.41, 5.74) is 0.541. The predicted octanol–water partition coefficient (Wildman–Crippen LogP) is 5.21. The Labute approximate surface area is 127 Å². The molecule has 0 aliphatic heterocycles. The molecule has 0 aromatic heterocycles. The molecule has 114 valence electrons. The van der Waals surface area contributed by atoms with Crippen LogP contribution in [0, 0.1) is 5.41 Å². The highest BCUT2D eigenvalue weighted by atomic mass is 16.2. The van der Waals surface area contributed by atoms with Crippen LogP contribution in [-0.2, 0) is 0 Å². The molecule has 2 nitrogen and oxygen atoms in total. The van der Waals surface area contributed by atoms with E-state index < -0.39 is 5.41 Å². The third kappa shape index (κ3) is 2.95. The molecular formula is C19H26O2. The molecule has 1 aromatic carbocycles. The second-order valence-corrected chi connectivity index (χ2v) is 6.20. The summed E-state index contributed by atoms with van der Waals surface area (Å²) in [5.74, 6) is 0.158. The molecular weight excluding hydrogens is 260 g/mol. The normalized spacial score (nSPS) is 16.3. The van der Waals surface area contributed by atoms with Crippen molar-refractivity contribution in [2.75, 3.05) is 0 Å². The molecule has 2 heteroatoms. The summed E-state index contributed by atoms with van der Waals surface area (Å²) >= 11 is 0. The van der Waals surface area contributed by atoms with Gasteiger partial charge in [-0.25, -0.2) is 0 Å². The van der Waals surface area contributed by atoms with Gasteiger partial charge < -0.3 is 0 Å². The predicted molar refractivity (Wildman–Crippen MR) is 85.8 cm³/mol. The lowest BCUT2D eigenvalue weighted by Gasteiger charge is -2.26. The molecule has 2 rings (SSSR count). The average Bonchev–Trinajstić information content (AvgIpc) is 2.71. The van der Waals surface area contributed by atoms with Crippen LogP contribution < -0.4 is 0 Å². The molecule has 0 N–H and O–H groups in total. The van der Waals surface area contributed by atoms with Gasteiger partial charge in [0.05, 0.1) is 5.41 Å². The Morgan fingerprint density at radius 2 is 1.19 bits per heavy atom. The first-order valence-electron chi connectivity index (χ1n) is 8.36. The van der Waals surface area contributed by atoms with E-state index in [2.05, 4.69) is 13.8 Å². The molecule has 0 fully saturated rings. The fraction of sp³-hybridized carbons (Fsp3) is 0.579. The van der Waals surface area contributed by atoms with Gasteiger partial charge in [-0.2, -0.15) is 0 Å². The summed E-state index contributed by atoms with van der Waals surface area (Å²) < 4.78 is 0. The number of carbonyl (C=O) groups excluding carboxylic acids is 2. The van der Waals surface area contributed by atoms with Crippen LogP contribution in [0.5, 0.6) is 0 Å². The molecule has 0 spiro atoms. The number of rotatable bonds is 8. The van der Waals surface area contributed by atoms with Gasteiger partial charge in [-0.05, 0) is 12.8 Å². The maximum Gasteiger partial charge on any atom is 0.177 e. The minimum Gasteiger partial charge on any atom is -0.293 e. The van der Waals surface area contributed by atoms with E-state index in [1.54, 1.807) is 0 Å². The highest BCUT2D eigenvalue weighted by molar-refractivity contribution is 6.29. The number of fused-ring (bicyclic) bond motifs is 1. The fourth-order valence-electron chi connectivity index (χ4n) is 3.43. The van der Waals surface area contributed by atoms with Crippen LogP contribution in [0.3, 0.4) is 0 Å². The third-order valence-corrected chi connectivity index (χ3v) is 4.70. The summed E-state index contributed by atoms with van der Waals surface area (Å²) in [6, 6.07) is 7.35. The summed E-state index contributed by atoms with van der Waals surface area (Å²) in [5, 5.41) is 0. The summed E-state index contributed by atoms with van der Waals surface area (Å²) in [7, 11) is 0. The average molecular weight is 286 g/mol. The first-order valence-corrected chi connectivity index (χ1v) is 8.36. The molecule has 1 aromatic rings. The molecule has 0 heterocycles. The van der Waals surface area contributed by atoms with Gasteiger partial charge >= 0.3 is 0 Å². The number of Topliss-reactive ketones (excluding diaryl/α,β-unsaturated/α-hetero) is 2. The van der Waals surface area contributed by atoms with E-state index in [-0.39, 0.29) is 11.6 Å². The molecule has 1 aliphatic carbocycles. The Morgan fingerprint density at radius 1 is 0.762 bits per heavy atom. The van der Waals surface area contributed by atoms with Crippen LogP contribution in [0.15, 0.2) is 24.3 Å². The minimum atomic E-state index is -0.756. The van der Waals surface area contributed by atoms with E-state index in [9.17, 15) is 9.59 Å². The molecule has 0 atom stereocenters. The van der Waals surface area contributed by atoms with E-state index in [0.29, 0.717) is 11.1 Å². The first-order chi connectivity index (χ1) is 10.2. The number of benzene rings is 1. The zero-order valence-corrected chi connectivity index (χ0v) is 13.3. The van der Waals surface area contributed by atoms with Gasteiger partial charge in [0, 0.05) is 11.1 Å². The van der Waals surface area contributed by atoms with Crippen molar-refractivity contribution < 1.29 is 9.59 Å². The number of unbranched alkanes of at least 4 members (excludes halogenated alkanes) is 4. The summed E-state index contributed by atoms with van der Waals surface area (Å²) in [6.07, 6.45) is 7.77. The smallest absolute Gasteiger partial charge is 0.177 e. The van der Waals surface area contributed by atoms with E-state index >= 15 is 0 Å². The number of carbonyl (C=O) groups is 2. The SMILES string of the molecule is CCCCCC1(CCCCC)C(=O)c2ccccc2C1=O. The van der Waals surface area contributed by atoms with Crippen molar-refractivity contribution in [3.8, 4) is 0 Å². The monoisotopic (exact) mass is 286 g/mol. The molecule has 1 aliphatic rings. The lowest BCUT2D eigenvalue weighted by molar-refractivity contribution is 0.0656. The maximum atomic E-state index is 12.9. The molecule has 0 unspecified atom stereocenters. The van der Waals surface area contributed by atoms with E-state index in [1.165, 1.54) is 0 Å². The van der Waals surface area contributed by atoms with Gasteiger partial charge in [-0.1, -0.05) is 76.6 Å². The number of ketones is 2. The van der Waals surface area contributed by atoms with Crippen molar-refractivity contribution in [3.63, 3.8) is 0 Å². The number of hydrogen-bond donors (Lipinski definition) is 0. The highest BCUT2D eigenvalue weighted by Crippen LogP contribution is 2.44. The van der Waals surface area contributed by atoms with Crippen LogP contribution in [0.1, 0.15) is 85.9 Å². The Bertz CT molecular complexity index is 469. The van der Waals surface area contributed by atoms with Crippen molar-refractivity contribution in [1.29, 1.82) is 0 Å². The maximum absolute atomic E-state index is 12.9. The van der Waals surface area contributed by atoms with Crippen LogP contribution in [-0.4, -0.2) is 11.6 Å². The van der Waals surface area contributed by atoms with Crippen molar-refractivity contribution in [3.05, 3.63) is 35.4 Å². The Hall–Kier alpha value is -1.44. The second kappa shape index (κ2) is 7.02. The zero-order chi connectivity index (χ0) is 15.3. The molecule has 21 heavy (non-hydrogen) atoms. The highest BCUT2D eigenvalue weighted by Gasteiger charge is 2.51. The summed E-state index contributed by atoms with van der Waals surface area (Å²) in [6.45, 7) is 4.30. The van der Waals surface area contributed by atoms with Crippen molar-refractivity contribution in [1.82, 2.24) is 0 Å². The third-order valence-electron chi connectivity index (χ3n) is 4.70. The van der Waals surface area contributed by atoms with Crippen LogP contribution in [0.4, 0.5) is 0 Å². The number of hydrogen-bond acceptors (Lipinski definition) is 2. The topological polar surface area (TPSA) is 34.1 Å². The zero-order valence-electron chi connectivity index (χ0n) is 13.3. The van der Waals surface area contributed by atoms with E-state index in [1.807, 2.05) is 24.3 Å². The van der Waals surface area contributed by atoms with E-state index in [4.69, 9.17) is 0 Å². The van der Waals surface area contributed by atoms with Gasteiger partial charge in [-0.15, -0.1) is 0 Å². The Morgan fingerprint density at radius 3 is 1.57 bits per heavy atom. The van der Waals surface area contributed by atoms with Crippen molar-refractivity contribution >= 4 is 11.6 Å². The van der Waals surface area contributed by atoms with Crippen molar-refractivity contribution in [2.45, 2.75) is 65.2 Å². The fourth-order valence-corrected chi connectivity index (χ4v) is 3.43. The van der Waals surface area contributed by atoms with E-state index in [0.717, 1.165) is 51.4 Å². The van der Waals surface area contributed by atoms with Crippen LogP contribution in [0.2, 0.25) is 0 Å². The Kier molecular flexibility index (Phi) is 5.33. The second-order valence-electron chi connectivity index (χ2n) is 6.20. The molecule has 0 saturated heterocycles. The van der Waals surface area contributed by atoms with Crippen molar-refractivity contribution in [2.24, 2.45) is 5.41 Å². The van der Waals surface area contributed by atoms with Crippen LogP contribution in [0.25, 0.3) is 0 Å². The van der Waals surface area contributed by atoms with Gasteiger partial charge in [-0.3, -0.25) is 9.59 Å². The summed E-state index contributed by atoms with van der Waals surface area (Å²) in [4.78, 5) is 25.8. The lowest BCUT2D eigenvalue weighted by atomic mass is 9.74. The quantitative estimate of drug-likeness (QED) is 0.485. The standard InChI is InChI=1S/C19H26O2/c1-3-5-9-13-19(14-10-6-4-2)17(20)15-11-7-8-12-16(15)18(19)21/h7-8,11-12H,3-6,9-10,13-14H2,1-2H3. The minimum absolute atomic E-state index is 0.0790. The molecule has 0 radical (unpaired) electrons. The molecule has 0 amide bonds. The molecule has 0 saturated carbocycles. The molecule has 0 bridgehead atoms. The van der Waals surface area contributed by atoms with Gasteiger partial charge in [0.1, 0.15) is 0 Å². The van der Waals surface area contributed by atoms with Gasteiger partial charge in [0.25, 0.3) is 0 Å². The van der Waals surface area contributed by atoms with Gasteiger partial charge in [0.2, 0.25) is 0 Å². The lowest BCUT2D eigenvalue weighted by Crippen LogP contribution is -2.33. The Balaban J connectivity index is 2.27. The van der Waals surface area contributed by atoms with Gasteiger partial charge in [0.15, 0.2) is 11.6 Å². The first kappa shape index (κ1) is 15.9. The largest absolute Gasteiger partial charge is 0.293 e. The van der Waals surface area contributed by atoms with Crippen LogP contribution >= 0.6 is 0 Å².